The highest BCUT2D eigenvalue weighted by molar-refractivity contribution is 8.00. The summed E-state index contributed by atoms with van der Waals surface area (Å²) in [6, 6.07) is 13.1. The van der Waals surface area contributed by atoms with Gasteiger partial charge >= 0.3 is 0 Å². The Morgan fingerprint density at radius 1 is 1.24 bits per heavy atom. The number of carbonyl (C=O) groups excluding carboxylic acids is 2. The summed E-state index contributed by atoms with van der Waals surface area (Å²) in [4.78, 5) is 27.2. The summed E-state index contributed by atoms with van der Waals surface area (Å²) in [5.74, 6) is 0.667. The number of rotatable bonds is 4. The molecule has 1 N–H and O–H groups in total. The van der Waals surface area contributed by atoms with Gasteiger partial charge in [-0.2, -0.15) is 0 Å². The summed E-state index contributed by atoms with van der Waals surface area (Å²) in [6.07, 6.45) is 0. The normalized spacial score (nSPS) is 16.0. The molecule has 0 saturated heterocycles. The van der Waals surface area contributed by atoms with Crippen molar-refractivity contribution in [3.05, 3.63) is 53.6 Å². The van der Waals surface area contributed by atoms with Gasteiger partial charge in [0.2, 0.25) is 5.91 Å². The van der Waals surface area contributed by atoms with Gasteiger partial charge in [-0.1, -0.05) is 12.1 Å². The zero-order chi connectivity index (χ0) is 18.0. The lowest BCUT2D eigenvalue weighted by molar-refractivity contribution is -0.115. The Labute approximate surface area is 151 Å². The number of carbonyl (C=O) groups is 2. The van der Waals surface area contributed by atoms with Crippen LogP contribution >= 0.6 is 11.8 Å². The summed E-state index contributed by atoms with van der Waals surface area (Å²) in [5, 5.41) is 2.74. The summed E-state index contributed by atoms with van der Waals surface area (Å²) < 4.78 is 5.14. The van der Waals surface area contributed by atoms with Crippen molar-refractivity contribution in [3.63, 3.8) is 0 Å². The van der Waals surface area contributed by atoms with E-state index in [1.165, 1.54) is 11.8 Å². The molecule has 1 aliphatic heterocycles. The zero-order valence-electron chi connectivity index (χ0n) is 14.4. The fraction of sp³-hybridized carbons (Fsp3) is 0.263. The molecule has 0 spiro atoms. The molecular formula is C19H20N2O3S. The van der Waals surface area contributed by atoms with Gasteiger partial charge in [0.1, 0.15) is 5.75 Å². The van der Waals surface area contributed by atoms with Gasteiger partial charge in [0.25, 0.3) is 5.91 Å². The third-order valence-corrected chi connectivity index (χ3v) is 5.26. The van der Waals surface area contributed by atoms with E-state index < -0.39 is 0 Å². The van der Waals surface area contributed by atoms with Crippen LogP contribution in [0, 0.1) is 0 Å². The molecule has 2 amide bonds. The lowest BCUT2D eigenvalue weighted by atomic mass is 10.1. The van der Waals surface area contributed by atoms with Crippen LogP contribution in [-0.2, 0) is 11.3 Å². The van der Waals surface area contributed by atoms with Crippen molar-refractivity contribution in [1.29, 1.82) is 0 Å². The molecule has 0 radical (unpaired) electrons. The first-order valence-electron chi connectivity index (χ1n) is 7.98. The minimum atomic E-state index is -0.119. The molecule has 2 aromatic rings. The molecule has 130 valence electrons. The number of ether oxygens (including phenoxy) is 1. The maximum Gasteiger partial charge on any atom is 0.253 e. The molecule has 2 aromatic carbocycles. The van der Waals surface area contributed by atoms with Crippen LogP contribution in [0.15, 0.2) is 47.4 Å². The lowest BCUT2D eigenvalue weighted by Gasteiger charge is -2.23. The van der Waals surface area contributed by atoms with Crippen molar-refractivity contribution in [3.8, 4) is 5.75 Å². The van der Waals surface area contributed by atoms with Crippen molar-refractivity contribution < 1.29 is 14.3 Å². The molecule has 1 atom stereocenters. The molecule has 0 bridgehead atoms. The molecule has 3 rings (SSSR count). The average Bonchev–Trinajstić information content (AvgIpc) is 2.62. The van der Waals surface area contributed by atoms with Crippen LogP contribution < -0.4 is 10.1 Å². The minimum Gasteiger partial charge on any atom is -0.497 e. The first-order valence-corrected chi connectivity index (χ1v) is 8.86. The zero-order valence-corrected chi connectivity index (χ0v) is 15.2. The first-order chi connectivity index (χ1) is 12.0. The molecule has 0 saturated carbocycles. The maximum atomic E-state index is 12.7. The van der Waals surface area contributed by atoms with Crippen LogP contribution in [0.5, 0.6) is 5.75 Å². The predicted octanol–water partition coefficient (Wildman–Crippen LogP) is 3.40. The Kier molecular flexibility index (Phi) is 4.99. The van der Waals surface area contributed by atoms with Crippen LogP contribution in [0.1, 0.15) is 22.8 Å². The number of fused-ring (bicyclic) bond motifs is 1. The molecule has 0 fully saturated rings. The number of nitrogens with zero attached hydrogens (tertiary/aromatic N) is 1. The van der Waals surface area contributed by atoms with Crippen LogP contribution in [0.4, 0.5) is 5.69 Å². The van der Waals surface area contributed by atoms with E-state index >= 15 is 0 Å². The summed E-state index contributed by atoms with van der Waals surface area (Å²) in [6.45, 7) is 2.36. The third-order valence-electron chi connectivity index (χ3n) is 4.08. The number of thioether (sulfide) groups is 1. The van der Waals surface area contributed by atoms with Crippen LogP contribution in [0.25, 0.3) is 0 Å². The van der Waals surface area contributed by atoms with Crippen molar-refractivity contribution in [2.75, 3.05) is 19.5 Å². The van der Waals surface area contributed by atoms with E-state index in [1.54, 1.807) is 25.1 Å². The van der Waals surface area contributed by atoms with E-state index in [0.29, 0.717) is 17.8 Å². The van der Waals surface area contributed by atoms with E-state index in [-0.39, 0.29) is 17.1 Å². The Balaban J connectivity index is 1.73. The topological polar surface area (TPSA) is 58.6 Å². The van der Waals surface area contributed by atoms with Crippen molar-refractivity contribution in [2.45, 2.75) is 23.6 Å². The van der Waals surface area contributed by atoms with E-state index in [0.717, 1.165) is 16.2 Å². The SMILES string of the molecule is COc1ccc(CN(C)C(=O)c2ccc3c(c2)NC(=O)[C@H](C)S3)cc1. The maximum absolute atomic E-state index is 12.7. The second-order valence-corrected chi connectivity index (χ2v) is 7.35. The molecule has 0 aromatic heterocycles. The molecular weight excluding hydrogens is 336 g/mol. The highest BCUT2D eigenvalue weighted by Gasteiger charge is 2.24. The molecule has 25 heavy (non-hydrogen) atoms. The smallest absolute Gasteiger partial charge is 0.253 e. The number of hydrogen-bond acceptors (Lipinski definition) is 4. The number of anilines is 1. The van der Waals surface area contributed by atoms with Gasteiger partial charge < -0.3 is 15.0 Å². The number of amides is 2. The second kappa shape index (κ2) is 7.19. The number of methoxy groups -OCH3 is 1. The Hall–Kier alpha value is -2.47. The second-order valence-electron chi connectivity index (χ2n) is 5.97. The Morgan fingerprint density at radius 3 is 2.64 bits per heavy atom. The highest BCUT2D eigenvalue weighted by atomic mass is 32.2. The highest BCUT2D eigenvalue weighted by Crippen LogP contribution is 2.36. The Bertz CT molecular complexity index is 805. The van der Waals surface area contributed by atoms with Crippen molar-refractivity contribution in [1.82, 2.24) is 4.90 Å². The van der Waals surface area contributed by atoms with Crippen LogP contribution in [-0.4, -0.2) is 36.1 Å². The van der Waals surface area contributed by atoms with Crippen LogP contribution in [0.2, 0.25) is 0 Å². The van der Waals surface area contributed by atoms with Gasteiger partial charge in [-0.25, -0.2) is 0 Å². The Morgan fingerprint density at radius 2 is 1.96 bits per heavy atom. The fourth-order valence-electron chi connectivity index (χ4n) is 2.64. The number of benzene rings is 2. The molecule has 0 aliphatic carbocycles. The molecule has 1 aliphatic rings. The summed E-state index contributed by atoms with van der Waals surface area (Å²) >= 11 is 1.51. The molecule has 0 unspecified atom stereocenters. The summed E-state index contributed by atoms with van der Waals surface area (Å²) in [7, 11) is 3.39. The van der Waals surface area contributed by atoms with Gasteiger partial charge in [-0.05, 0) is 42.8 Å². The summed E-state index contributed by atoms with van der Waals surface area (Å²) in [5.41, 5.74) is 2.29. The minimum absolute atomic E-state index is 0.0336. The number of hydrogen-bond donors (Lipinski definition) is 1. The monoisotopic (exact) mass is 356 g/mol. The van der Waals surface area contributed by atoms with E-state index in [4.69, 9.17) is 4.74 Å². The predicted molar refractivity (Wildman–Crippen MR) is 99.2 cm³/mol. The number of nitrogens with one attached hydrogen (secondary N) is 1. The van der Waals surface area contributed by atoms with E-state index in [1.807, 2.05) is 43.3 Å². The first kappa shape index (κ1) is 17.4. The molecule has 6 heteroatoms. The van der Waals surface area contributed by atoms with Crippen molar-refractivity contribution in [2.24, 2.45) is 0 Å². The largest absolute Gasteiger partial charge is 0.497 e. The molecule has 1 heterocycles. The van der Waals surface area contributed by atoms with Crippen LogP contribution in [0.3, 0.4) is 0 Å². The van der Waals surface area contributed by atoms with Gasteiger partial charge in [0.05, 0.1) is 18.0 Å². The van der Waals surface area contributed by atoms with Gasteiger partial charge in [-0.3, -0.25) is 9.59 Å². The fourth-order valence-corrected chi connectivity index (χ4v) is 3.57. The van der Waals surface area contributed by atoms with E-state index in [2.05, 4.69) is 5.32 Å². The van der Waals surface area contributed by atoms with Gasteiger partial charge in [-0.15, -0.1) is 11.8 Å². The van der Waals surface area contributed by atoms with Gasteiger partial charge in [0.15, 0.2) is 0 Å². The lowest BCUT2D eigenvalue weighted by Crippen LogP contribution is -2.28. The average molecular weight is 356 g/mol. The van der Waals surface area contributed by atoms with Crippen molar-refractivity contribution >= 4 is 29.3 Å². The molecule has 5 nitrogen and oxygen atoms in total. The standard InChI is InChI=1S/C19H20N2O3S/c1-12-18(22)20-16-10-14(6-9-17(16)25-12)19(23)21(2)11-13-4-7-15(24-3)8-5-13/h4-10,12H,11H2,1-3H3,(H,20,22)/t12-/m0/s1. The van der Waals surface area contributed by atoms with E-state index in [9.17, 15) is 9.59 Å². The third kappa shape index (κ3) is 3.79. The van der Waals surface area contributed by atoms with Gasteiger partial charge in [0, 0.05) is 24.1 Å². The quantitative estimate of drug-likeness (QED) is 0.912.